The minimum atomic E-state index is -0.595. The molecule has 0 unspecified atom stereocenters. The lowest BCUT2D eigenvalue weighted by Gasteiger charge is -2.27. The summed E-state index contributed by atoms with van der Waals surface area (Å²) in [6, 6.07) is 11.3. The SMILES string of the molecule is CC(C)(NC(=O)NCc1ccccn1)c1ccc(F)cc1. The van der Waals surface area contributed by atoms with Gasteiger partial charge in [-0.05, 0) is 43.7 Å². The molecule has 2 amide bonds. The highest BCUT2D eigenvalue weighted by Gasteiger charge is 2.22. The first-order valence-electron chi connectivity index (χ1n) is 6.69. The lowest BCUT2D eigenvalue weighted by molar-refractivity contribution is 0.229. The molecule has 0 fully saturated rings. The van der Waals surface area contributed by atoms with E-state index in [4.69, 9.17) is 0 Å². The van der Waals surface area contributed by atoms with Gasteiger partial charge >= 0.3 is 6.03 Å². The lowest BCUT2D eigenvalue weighted by atomic mass is 9.94. The Labute approximate surface area is 123 Å². The third kappa shape index (κ3) is 4.27. The Balaban J connectivity index is 1.93. The number of carbonyl (C=O) groups is 1. The topological polar surface area (TPSA) is 54.0 Å². The molecule has 0 aliphatic heterocycles. The van der Waals surface area contributed by atoms with Gasteiger partial charge in [0, 0.05) is 6.20 Å². The quantitative estimate of drug-likeness (QED) is 0.908. The molecule has 1 aromatic heterocycles. The van der Waals surface area contributed by atoms with Gasteiger partial charge in [-0.2, -0.15) is 0 Å². The Morgan fingerprint density at radius 3 is 2.52 bits per heavy atom. The van der Waals surface area contributed by atoms with E-state index in [1.165, 1.54) is 12.1 Å². The number of urea groups is 1. The molecule has 0 radical (unpaired) electrons. The van der Waals surface area contributed by atoms with Crippen molar-refractivity contribution in [1.82, 2.24) is 15.6 Å². The van der Waals surface area contributed by atoms with Crippen LogP contribution in [0.25, 0.3) is 0 Å². The van der Waals surface area contributed by atoms with E-state index >= 15 is 0 Å². The van der Waals surface area contributed by atoms with Crippen LogP contribution in [0.15, 0.2) is 48.7 Å². The molecule has 0 aliphatic rings. The average molecular weight is 287 g/mol. The number of halogens is 1. The molecule has 2 rings (SSSR count). The summed E-state index contributed by atoms with van der Waals surface area (Å²) in [4.78, 5) is 16.1. The van der Waals surface area contributed by atoms with Crippen molar-refractivity contribution >= 4 is 6.03 Å². The standard InChI is InChI=1S/C16H18FN3O/c1-16(2,12-6-8-13(17)9-7-12)20-15(21)19-11-14-5-3-4-10-18-14/h3-10H,11H2,1-2H3,(H2,19,20,21). The number of hydrogen-bond donors (Lipinski definition) is 2. The van der Waals surface area contributed by atoms with E-state index in [9.17, 15) is 9.18 Å². The Kier molecular flexibility index (Phi) is 4.52. The normalized spacial score (nSPS) is 11.0. The second kappa shape index (κ2) is 6.35. The fourth-order valence-electron chi connectivity index (χ4n) is 1.94. The summed E-state index contributed by atoms with van der Waals surface area (Å²) >= 11 is 0. The van der Waals surface area contributed by atoms with Crippen LogP contribution >= 0.6 is 0 Å². The number of nitrogens with one attached hydrogen (secondary N) is 2. The molecule has 0 bridgehead atoms. The molecular formula is C16H18FN3O. The van der Waals surface area contributed by atoms with Crippen molar-refractivity contribution in [3.8, 4) is 0 Å². The van der Waals surface area contributed by atoms with Crippen LogP contribution in [0, 0.1) is 5.82 Å². The predicted octanol–water partition coefficient (Wildman–Crippen LogP) is 2.96. The number of hydrogen-bond acceptors (Lipinski definition) is 2. The fraction of sp³-hybridized carbons (Fsp3) is 0.250. The van der Waals surface area contributed by atoms with Crippen LogP contribution in [0.5, 0.6) is 0 Å². The van der Waals surface area contributed by atoms with Gasteiger partial charge in [-0.3, -0.25) is 4.98 Å². The van der Waals surface area contributed by atoms with E-state index in [-0.39, 0.29) is 11.8 Å². The lowest BCUT2D eigenvalue weighted by Crippen LogP contribution is -2.46. The number of amides is 2. The maximum Gasteiger partial charge on any atom is 0.315 e. The van der Waals surface area contributed by atoms with Crippen LogP contribution in [-0.4, -0.2) is 11.0 Å². The molecule has 110 valence electrons. The van der Waals surface area contributed by atoms with Crippen molar-refractivity contribution in [2.45, 2.75) is 25.9 Å². The van der Waals surface area contributed by atoms with Crippen molar-refractivity contribution in [3.63, 3.8) is 0 Å². The van der Waals surface area contributed by atoms with Gasteiger partial charge in [0.05, 0.1) is 17.8 Å². The molecule has 5 heteroatoms. The highest BCUT2D eigenvalue weighted by atomic mass is 19.1. The van der Waals surface area contributed by atoms with E-state index in [2.05, 4.69) is 15.6 Å². The van der Waals surface area contributed by atoms with Gasteiger partial charge in [0.2, 0.25) is 0 Å². The van der Waals surface area contributed by atoms with E-state index in [1.807, 2.05) is 32.0 Å². The first-order chi connectivity index (χ1) is 9.97. The Morgan fingerprint density at radius 2 is 1.90 bits per heavy atom. The zero-order chi connectivity index (χ0) is 15.3. The molecule has 0 saturated heterocycles. The second-order valence-corrected chi connectivity index (χ2v) is 5.26. The van der Waals surface area contributed by atoms with Crippen LogP contribution in [-0.2, 0) is 12.1 Å². The van der Waals surface area contributed by atoms with Crippen molar-refractivity contribution in [3.05, 3.63) is 65.7 Å². The number of rotatable bonds is 4. The third-order valence-electron chi connectivity index (χ3n) is 3.15. The van der Waals surface area contributed by atoms with Crippen molar-refractivity contribution < 1.29 is 9.18 Å². The number of benzene rings is 1. The van der Waals surface area contributed by atoms with Gasteiger partial charge in [-0.15, -0.1) is 0 Å². The molecule has 1 heterocycles. The van der Waals surface area contributed by atoms with Crippen LogP contribution in [0.4, 0.5) is 9.18 Å². The molecule has 21 heavy (non-hydrogen) atoms. The van der Waals surface area contributed by atoms with Gasteiger partial charge in [0.15, 0.2) is 0 Å². The molecule has 2 N–H and O–H groups in total. The van der Waals surface area contributed by atoms with E-state index < -0.39 is 5.54 Å². The van der Waals surface area contributed by atoms with Gasteiger partial charge in [0.25, 0.3) is 0 Å². The molecular weight excluding hydrogens is 269 g/mol. The molecule has 0 atom stereocenters. The molecule has 2 aromatic rings. The van der Waals surface area contributed by atoms with Gasteiger partial charge < -0.3 is 10.6 Å². The van der Waals surface area contributed by atoms with Crippen molar-refractivity contribution in [2.24, 2.45) is 0 Å². The summed E-state index contributed by atoms with van der Waals surface area (Å²) in [5, 5.41) is 5.61. The second-order valence-electron chi connectivity index (χ2n) is 5.26. The minimum Gasteiger partial charge on any atom is -0.332 e. The van der Waals surface area contributed by atoms with Crippen LogP contribution in [0.1, 0.15) is 25.1 Å². The smallest absolute Gasteiger partial charge is 0.315 e. The first kappa shape index (κ1) is 15.0. The summed E-state index contributed by atoms with van der Waals surface area (Å²) < 4.78 is 12.9. The summed E-state index contributed by atoms with van der Waals surface area (Å²) in [5.41, 5.74) is 1.02. The summed E-state index contributed by atoms with van der Waals surface area (Å²) in [6.45, 7) is 4.08. The van der Waals surface area contributed by atoms with Crippen LogP contribution in [0.3, 0.4) is 0 Å². The molecule has 0 aliphatic carbocycles. The third-order valence-corrected chi connectivity index (χ3v) is 3.15. The van der Waals surface area contributed by atoms with E-state index in [0.717, 1.165) is 11.3 Å². The Morgan fingerprint density at radius 1 is 1.19 bits per heavy atom. The largest absolute Gasteiger partial charge is 0.332 e. The van der Waals surface area contributed by atoms with Gasteiger partial charge in [0.1, 0.15) is 5.82 Å². The molecule has 0 saturated carbocycles. The van der Waals surface area contributed by atoms with Crippen LogP contribution < -0.4 is 10.6 Å². The average Bonchev–Trinajstić information content (AvgIpc) is 2.46. The van der Waals surface area contributed by atoms with Crippen LogP contribution in [0.2, 0.25) is 0 Å². The number of carbonyl (C=O) groups excluding carboxylic acids is 1. The Hall–Kier alpha value is -2.43. The molecule has 4 nitrogen and oxygen atoms in total. The van der Waals surface area contributed by atoms with Crippen molar-refractivity contribution in [1.29, 1.82) is 0 Å². The number of aromatic nitrogens is 1. The highest BCUT2D eigenvalue weighted by Crippen LogP contribution is 2.19. The predicted molar refractivity (Wildman–Crippen MR) is 79.0 cm³/mol. The first-order valence-corrected chi connectivity index (χ1v) is 6.69. The maximum atomic E-state index is 12.9. The number of nitrogens with zero attached hydrogens (tertiary/aromatic N) is 1. The summed E-state index contributed by atoms with van der Waals surface area (Å²) in [7, 11) is 0. The number of pyridine rings is 1. The van der Waals surface area contributed by atoms with E-state index in [0.29, 0.717) is 6.54 Å². The van der Waals surface area contributed by atoms with Crippen molar-refractivity contribution in [2.75, 3.05) is 0 Å². The monoisotopic (exact) mass is 287 g/mol. The Bertz CT molecular complexity index is 597. The zero-order valence-corrected chi connectivity index (χ0v) is 12.1. The molecule has 0 spiro atoms. The zero-order valence-electron chi connectivity index (χ0n) is 12.1. The summed E-state index contributed by atoms with van der Waals surface area (Å²) in [5.74, 6) is -0.297. The van der Waals surface area contributed by atoms with Gasteiger partial charge in [-0.25, -0.2) is 9.18 Å². The minimum absolute atomic E-state index is 0.296. The summed E-state index contributed by atoms with van der Waals surface area (Å²) in [6.07, 6.45) is 1.68. The van der Waals surface area contributed by atoms with E-state index in [1.54, 1.807) is 18.3 Å². The maximum absolute atomic E-state index is 12.9. The highest BCUT2D eigenvalue weighted by molar-refractivity contribution is 5.74. The van der Waals surface area contributed by atoms with Gasteiger partial charge in [-0.1, -0.05) is 18.2 Å². The molecule has 1 aromatic carbocycles. The fourth-order valence-corrected chi connectivity index (χ4v) is 1.94.